The van der Waals surface area contributed by atoms with Crippen molar-refractivity contribution in [2.45, 2.75) is 38.5 Å². The highest BCUT2D eigenvalue weighted by Crippen LogP contribution is 2.40. The lowest BCUT2D eigenvalue weighted by atomic mass is 10.1. The van der Waals surface area contributed by atoms with Gasteiger partial charge in [-0.05, 0) is 99.4 Å². The first-order chi connectivity index (χ1) is 16.3. The smallest absolute Gasteiger partial charge is 0.120 e. The van der Waals surface area contributed by atoms with E-state index in [2.05, 4.69) is 51.3 Å². The number of hydrogen-bond acceptors (Lipinski definition) is 6. The van der Waals surface area contributed by atoms with Gasteiger partial charge in [-0.2, -0.15) is 5.10 Å². The Labute approximate surface area is 197 Å². The fourth-order valence-electron chi connectivity index (χ4n) is 5.32. The fourth-order valence-corrected chi connectivity index (χ4v) is 5.32. The molecule has 0 spiro atoms. The van der Waals surface area contributed by atoms with Crippen LogP contribution >= 0.6 is 0 Å². The molecule has 2 aliphatic heterocycles. The van der Waals surface area contributed by atoms with Gasteiger partial charge in [0.15, 0.2) is 0 Å². The van der Waals surface area contributed by atoms with Crippen LogP contribution in [-0.2, 0) is 0 Å². The highest BCUT2D eigenvalue weighted by Gasteiger charge is 2.26. The summed E-state index contributed by atoms with van der Waals surface area (Å²) in [7, 11) is 0. The second kappa shape index (κ2) is 10.6. The van der Waals surface area contributed by atoms with Crippen LogP contribution in [-0.4, -0.2) is 68.0 Å². The Morgan fingerprint density at radius 2 is 1.09 bits per heavy atom. The molecule has 0 amide bonds. The molecule has 3 aliphatic rings. The van der Waals surface area contributed by atoms with E-state index in [1.807, 2.05) is 0 Å². The number of nitrogens with two attached hydrogens (primary N) is 1. The van der Waals surface area contributed by atoms with Crippen molar-refractivity contribution in [3.63, 3.8) is 0 Å². The highest BCUT2D eigenvalue weighted by molar-refractivity contribution is 6.24. The van der Waals surface area contributed by atoms with Crippen LogP contribution in [0.5, 0.6) is 11.5 Å². The molecule has 2 fully saturated rings. The zero-order valence-corrected chi connectivity index (χ0v) is 19.6. The number of ether oxygens (including phenoxy) is 2. The van der Waals surface area contributed by atoms with Gasteiger partial charge in [0, 0.05) is 24.2 Å². The summed E-state index contributed by atoms with van der Waals surface area (Å²) >= 11 is 0. The van der Waals surface area contributed by atoms with Gasteiger partial charge in [0.1, 0.15) is 24.7 Å². The monoisotopic (exact) mass is 448 g/mol. The summed E-state index contributed by atoms with van der Waals surface area (Å²) in [5, 5.41) is 4.15. The minimum atomic E-state index is 0.704. The maximum Gasteiger partial charge on any atom is 0.120 e. The van der Waals surface area contributed by atoms with E-state index in [4.69, 9.17) is 15.3 Å². The second-order valence-electron chi connectivity index (χ2n) is 9.39. The number of rotatable bonds is 8. The van der Waals surface area contributed by atoms with E-state index in [0.29, 0.717) is 13.2 Å². The summed E-state index contributed by atoms with van der Waals surface area (Å²) in [6.45, 7) is 8.13. The van der Waals surface area contributed by atoms with Gasteiger partial charge < -0.3 is 15.3 Å². The minimum Gasteiger partial charge on any atom is -0.492 e. The van der Waals surface area contributed by atoms with Crippen molar-refractivity contribution >= 4 is 5.71 Å². The van der Waals surface area contributed by atoms with Crippen molar-refractivity contribution in [2.75, 3.05) is 52.5 Å². The minimum absolute atomic E-state index is 0.704. The Morgan fingerprint density at radius 3 is 1.52 bits per heavy atom. The lowest BCUT2D eigenvalue weighted by molar-refractivity contribution is 0.183. The van der Waals surface area contributed by atoms with Crippen molar-refractivity contribution in [1.29, 1.82) is 0 Å². The summed E-state index contributed by atoms with van der Waals surface area (Å²) in [6.07, 6.45) is 7.92. The molecule has 2 saturated heterocycles. The lowest BCUT2D eigenvalue weighted by Gasteiger charge is -2.26. The molecular formula is C27H36N4O2. The summed E-state index contributed by atoms with van der Waals surface area (Å²) < 4.78 is 12.2. The molecule has 0 unspecified atom stereocenters. The highest BCUT2D eigenvalue weighted by atomic mass is 16.5. The molecule has 0 radical (unpaired) electrons. The lowest BCUT2D eigenvalue weighted by Crippen LogP contribution is -2.33. The molecule has 2 aromatic carbocycles. The first kappa shape index (κ1) is 22.2. The van der Waals surface area contributed by atoms with Crippen molar-refractivity contribution in [2.24, 2.45) is 10.9 Å². The Kier molecular flexibility index (Phi) is 7.12. The van der Waals surface area contributed by atoms with Crippen LogP contribution in [0, 0.1) is 0 Å². The van der Waals surface area contributed by atoms with Crippen LogP contribution in [0.4, 0.5) is 0 Å². The molecule has 6 heteroatoms. The third-order valence-electron chi connectivity index (χ3n) is 7.16. The zero-order chi connectivity index (χ0) is 22.5. The van der Waals surface area contributed by atoms with Crippen LogP contribution in [0.15, 0.2) is 41.5 Å². The number of piperidine rings is 2. The number of fused-ring (bicyclic) bond motifs is 3. The molecule has 0 aromatic heterocycles. The number of likely N-dealkylation sites (tertiary alicyclic amines) is 2. The summed E-state index contributed by atoms with van der Waals surface area (Å²) in [5.41, 5.74) is 5.18. The van der Waals surface area contributed by atoms with E-state index in [1.54, 1.807) is 0 Å². The van der Waals surface area contributed by atoms with Gasteiger partial charge in [-0.25, -0.2) is 0 Å². The predicted octanol–water partition coefficient (Wildman–Crippen LogP) is 4.11. The van der Waals surface area contributed by atoms with Gasteiger partial charge in [-0.3, -0.25) is 9.80 Å². The SMILES string of the molecule is NN=C1c2cc(OCCN3CCCCC3)ccc2-c2ccc(OCCN3CCCCC3)cc21. The van der Waals surface area contributed by atoms with Crippen molar-refractivity contribution in [3.05, 3.63) is 47.5 Å². The molecule has 5 rings (SSSR count). The molecule has 1 aliphatic carbocycles. The van der Waals surface area contributed by atoms with Crippen LogP contribution in [0.25, 0.3) is 11.1 Å². The van der Waals surface area contributed by atoms with E-state index >= 15 is 0 Å². The molecule has 176 valence electrons. The third-order valence-corrected chi connectivity index (χ3v) is 7.16. The Hall–Kier alpha value is -2.57. The van der Waals surface area contributed by atoms with Crippen LogP contribution < -0.4 is 15.3 Å². The van der Waals surface area contributed by atoms with Gasteiger partial charge in [-0.15, -0.1) is 0 Å². The number of benzene rings is 2. The number of hydrazone groups is 1. The van der Waals surface area contributed by atoms with Gasteiger partial charge in [0.05, 0.1) is 5.71 Å². The van der Waals surface area contributed by atoms with Crippen molar-refractivity contribution in [1.82, 2.24) is 9.80 Å². The summed E-state index contributed by atoms with van der Waals surface area (Å²) in [4.78, 5) is 4.98. The zero-order valence-electron chi connectivity index (χ0n) is 19.6. The second-order valence-corrected chi connectivity index (χ2v) is 9.39. The molecular weight excluding hydrogens is 412 g/mol. The normalized spacial score (nSPS) is 18.6. The van der Waals surface area contributed by atoms with Gasteiger partial charge >= 0.3 is 0 Å². The Bertz CT molecular complexity index is 903. The molecule has 0 saturated carbocycles. The van der Waals surface area contributed by atoms with Gasteiger partial charge in [0.25, 0.3) is 0 Å². The van der Waals surface area contributed by atoms with E-state index in [0.717, 1.165) is 52.6 Å². The molecule has 0 atom stereocenters. The maximum absolute atomic E-state index is 6.09. The first-order valence-electron chi connectivity index (χ1n) is 12.6. The maximum atomic E-state index is 6.09. The van der Waals surface area contributed by atoms with Crippen LogP contribution in [0.2, 0.25) is 0 Å². The molecule has 0 bridgehead atoms. The predicted molar refractivity (Wildman–Crippen MR) is 133 cm³/mol. The average molecular weight is 449 g/mol. The average Bonchev–Trinajstić information content (AvgIpc) is 3.17. The Balaban J connectivity index is 1.22. The van der Waals surface area contributed by atoms with Gasteiger partial charge in [-0.1, -0.05) is 12.8 Å². The molecule has 33 heavy (non-hydrogen) atoms. The standard InChI is InChI=1S/C27H36N4O2/c28-29-27-25-19-21(32-17-15-30-11-3-1-4-12-30)7-9-23(25)24-10-8-22(20-26(24)27)33-18-16-31-13-5-2-6-14-31/h7-10,19-20H,1-6,11-18,28H2. The van der Waals surface area contributed by atoms with Gasteiger partial charge in [0.2, 0.25) is 0 Å². The van der Waals surface area contributed by atoms with E-state index < -0.39 is 0 Å². The third kappa shape index (κ3) is 5.17. The molecule has 2 aromatic rings. The molecule has 2 heterocycles. The van der Waals surface area contributed by atoms with E-state index in [-0.39, 0.29) is 0 Å². The van der Waals surface area contributed by atoms with Crippen molar-refractivity contribution < 1.29 is 9.47 Å². The number of nitrogens with zero attached hydrogens (tertiary/aromatic N) is 3. The Morgan fingerprint density at radius 1 is 0.636 bits per heavy atom. The quantitative estimate of drug-likeness (QED) is 0.415. The van der Waals surface area contributed by atoms with E-state index in [1.165, 1.54) is 64.7 Å². The largest absolute Gasteiger partial charge is 0.492 e. The topological polar surface area (TPSA) is 63.3 Å². The van der Waals surface area contributed by atoms with Crippen molar-refractivity contribution in [3.8, 4) is 22.6 Å². The summed E-state index contributed by atoms with van der Waals surface area (Å²) in [6, 6.07) is 12.5. The van der Waals surface area contributed by atoms with E-state index in [9.17, 15) is 0 Å². The molecule has 2 N–H and O–H groups in total. The van der Waals surface area contributed by atoms with Crippen LogP contribution in [0.1, 0.15) is 49.7 Å². The first-order valence-corrected chi connectivity index (χ1v) is 12.6. The number of hydrogen-bond donors (Lipinski definition) is 1. The fraction of sp³-hybridized carbons (Fsp3) is 0.519. The molecule has 6 nitrogen and oxygen atoms in total. The summed E-state index contributed by atoms with van der Waals surface area (Å²) in [5.74, 6) is 7.60. The van der Waals surface area contributed by atoms with Crippen LogP contribution in [0.3, 0.4) is 0 Å².